The largest absolute Gasteiger partial charge is 0.357 e. The monoisotopic (exact) mass is 287 g/mol. The van der Waals surface area contributed by atoms with Crippen molar-refractivity contribution >= 4 is 15.9 Å². The van der Waals surface area contributed by atoms with Crippen molar-refractivity contribution in [2.75, 3.05) is 6.61 Å². The molecule has 0 aliphatic carbocycles. The second-order valence-corrected chi connectivity index (χ2v) is 5.27. The summed E-state index contributed by atoms with van der Waals surface area (Å²) in [6.07, 6.45) is -0.334. The van der Waals surface area contributed by atoms with Crippen molar-refractivity contribution < 1.29 is 9.13 Å². The maximum atomic E-state index is 13.8. The van der Waals surface area contributed by atoms with Crippen molar-refractivity contribution in [1.29, 1.82) is 0 Å². The molecule has 2 rings (SSSR count). The van der Waals surface area contributed by atoms with Gasteiger partial charge in [0.25, 0.3) is 0 Å². The maximum absolute atomic E-state index is 13.8. The average molecular weight is 288 g/mol. The van der Waals surface area contributed by atoms with Gasteiger partial charge in [-0.2, -0.15) is 0 Å². The summed E-state index contributed by atoms with van der Waals surface area (Å²) in [5.41, 5.74) is 1.42. The second kappa shape index (κ2) is 4.43. The van der Waals surface area contributed by atoms with E-state index in [1.165, 1.54) is 0 Å². The van der Waals surface area contributed by atoms with Gasteiger partial charge in [-0.25, -0.2) is 4.39 Å². The Balaban J connectivity index is 2.22. The van der Waals surface area contributed by atoms with E-state index in [1.54, 1.807) is 12.1 Å². The van der Waals surface area contributed by atoms with Crippen LogP contribution in [-0.2, 0) is 10.1 Å². The Morgan fingerprint density at radius 3 is 2.81 bits per heavy atom. The van der Waals surface area contributed by atoms with Gasteiger partial charge in [-0.1, -0.05) is 28.1 Å². The number of rotatable bonds is 2. The first-order chi connectivity index (χ1) is 7.52. The van der Waals surface area contributed by atoms with Gasteiger partial charge in [-0.3, -0.25) is 5.32 Å². The quantitative estimate of drug-likeness (QED) is 0.844. The molecule has 1 heterocycles. The van der Waals surface area contributed by atoms with E-state index < -0.39 is 0 Å². The molecule has 88 valence electrons. The van der Waals surface area contributed by atoms with Crippen LogP contribution in [0, 0.1) is 5.82 Å². The molecule has 4 heteroatoms. The lowest BCUT2D eigenvalue weighted by atomic mass is 10.1. The van der Waals surface area contributed by atoms with Crippen LogP contribution in [0.2, 0.25) is 0 Å². The summed E-state index contributed by atoms with van der Waals surface area (Å²) in [4.78, 5) is 0. The van der Waals surface area contributed by atoms with Crippen LogP contribution >= 0.6 is 15.9 Å². The SMILES string of the molecule is CC1(C)COC(c2ccc(CBr)cc2F)N1. The van der Waals surface area contributed by atoms with Crippen molar-refractivity contribution in [3.63, 3.8) is 0 Å². The number of hydrogen-bond donors (Lipinski definition) is 1. The molecule has 1 N–H and O–H groups in total. The minimum Gasteiger partial charge on any atom is -0.357 e. The molecule has 1 aromatic rings. The molecule has 0 radical (unpaired) electrons. The molecule has 2 nitrogen and oxygen atoms in total. The van der Waals surface area contributed by atoms with Crippen LogP contribution in [0.25, 0.3) is 0 Å². The number of benzene rings is 1. The van der Waals surface area contributed by atoms with Gasteiger partial charge >= 0.3 is 0 Å². The zero-order chi connectivity index (χ0) is 11.8. The fourth-order valence-electron chi connectivity index (χ4n) is 1.76. The predicted octanol–water partition coefficient (Wildman–Crippen LogP) is 3.12. The van der Waals surface area contributed by atoms with Gasteiger partial charge in [0, 0.05) is 16.4 Å². The molecule has 0 amide bonds. The Morgan fingerprint density at radius 2 is 2.31 bits per heavy atom. The van der Waals surface area contributed by atoms with Crippen LogP contribution < -0.4 is 5.32 Å². The fourth-order valence-corrected chi connectivity index (χ4v) is 2.11. The molecule has 0 saturated carbocycles. The lowest BCUT2D eigenvalue weighted by Gasteiger charge is -2.17. The molecule has 0 bridgehead atoms. The van der Waals surface area contributed by atoms with E-state index >= 15 is 0 Å². The first kappa shape index (κ1) is 12.0. The normalized spacial score (nSPS) is 23.6. The summed E-state index contributed by atoms with van der Waals surface area (Å²) < 4.78 is 19.3. The van der Waals surface area contributed by atoms with Gasteiger partial charge in [-0.15, -0.1) is 0 Å². The van der Waals surface area contributed by atoms with Crippen LogP contribution in [0.4, 0.5) is 4.39 Å². The van der Waals surface area contributed by atoms with Crippen molar-refractivity contribution in [3.8, 4) is 0 Å². The lowest BCUT2D eigenvalue weighted by molar-refractivity contribution is 0.0960. The maximum Gasteiger partial charge on any atom is 0.137 e. The zero-order valence-electron chi connectivity index (χ0n) is 9.39. The van der Waals surface area contributed by atoms with Crippen LogP contribution in [0.3, 0.4) is 0 Å². The Bertz CT molecular complexity index is 395. The molecular weight excluding hydrogens is 273 g/mol. The van der Waals surface area contributed by atoms with E-state index in [4.69, 9.17) is 4.74 Å². The van der Waals surface area contributed by atoms with Gasteiger partial charge in [0.2, 0.25) is 0 Å². The van der Waals surface area contributed by atoms with Crippen molar-refractivity contribution in [2.24, 2.45) is 0 Å². The van der Waals surface area contributed by atoms with E-state index in [2.05, 4.69) is 21.2 Å². The number of alkyl halides is 1. The van der Waals surface area contributed by atoms with Gasteiger partial charge in [0.1, 0.15) is 12.0 Å². The van der Waals surface area contributed by atoms with E-state index in [0.29, 0.717) is 17.5 Å². The minimum atomic E-state index is -0.334. The predicted molar refractivity (Wildman–Crippen MR) is 64.9 cm³/mol. The molecule has 1 aliphatic heterocycles. The van der Waals surface area contributed by atoms with E-state index in [0.717, 1.165) is 5.56 Å². The van der Waals surface area contributed by atoms with Crippen LogP contribution in [0.1, 0.15) is 31.2 Å². The standard InChI is InChI=1S/C12H15BrFNO/c1-12(2)7-16-11(15-12)9-4-3-8(6-13)5-10(9)14/h3-5,11,15H,6-7H2,1-2H3. The molecule has 1 aliphatic rings. The zero-order valence-corrected chi connectivity index (χ0v) is 11.0. The van der Waals surface area contributed by atoms with Gasteiger partial charge in [-0.05, 0) is 25.5 Å². The third kappa shape index (κ3) is 2.44. The first-order valence-corrected chi connectivity index (χ1v) is 6.37. The molecular formula is C12H15BrFNO. The highest BCUT2D eigenvalue weighted by Crippen LogP contribution is 2.28. The van der Waals surface area contributed by atoms with Gasteiger partial charge < -0.3 is 4.74 Å². The summed E-state index contributed by atoms with van der Waals surface area (Å²) in [7, 11) is 0. The highest BCUT2D eigenvalue weighted by atomic mass is 79.9. The molecule has 0 spiro atoms. The minimum absolute atomic E-state index is 0.0921. The van der Waals surface area contributed by atoms with Crippen molar-refractivity contribution in [3.05, 3.63) is 35.1 Å². The van der Waals surface area contributed by atoms with Gasteiger partial charge in [0.15, 0.2) is 0 Å². The summed E-state index contributed by atoms with van der Waals surface area (Å²) >= 11 is 3.30. The fraction of sp³-hybridized carbons (Fsp3) is 0.500. The Labute approximate surface area is 103 Å². The summed E-state index contributed by atoms with van der Waals surface area (Å²) in [6.45, 7) is 4.67. The van der Waals surface area contributed by atoms with E-state index in [1.807, 2.05) is 19.9 Å². The van der Waals surface area contributed by atoms with E-state index in [9.17, 15) is 4.39 Å². The Kier molecular flexibility index (Phi) is 3.33. The summed E-state index contributed by atoms with van der Waals surface area (Å²) in [6, 6.07) is 5.23. The molecule has 1 saturated heterocycles. The molecule has 1 fully saturated rings. The van der Waals surface area contributed by atoms with Gasteiger partial charge in [0.05, 0.1) is 6.61 Å². The third-order valence-corrected chi connectivity index (χ3v) is 3.28. The third-order valence-electron chi connectivity index (χ3n) is 2.63. The van der Waals surface area contributed by atoms with Crippen molar-refractivity contribution in [1.82, 2.24) is 5.32 Å². The van der Waals surface area contributed by atoms with Crippen LogP contribution in [0.5, 0.6) is 0 Å². The topological polar surface area (TPSA) is 21.3 Å². The van der Waals surface area contributed by atoms with Crippen LogP contribution in [0.15, 0.2) is 18.2 Å². The first-order valence-electron chi connectivity index (χ1n) is 5.25. The molecule has 0 aromatic heterocycles. The van der Waals surface area contributed by atoms with Crippen LogP contribution in [-0.4, -0.2) is 12.1 Å². The molecule has 1 unspecified atom stereocenters. The molecule has 1 atom stereocenters. The number of halogens is 2. The lowest BCUT2D eigenvalue weighted by Crippen LogP contribution is -2.36. The van der Waals surface area contributed by atoms with Crippen molar-refractivity contribution in [2.45, 2.75) is 30.9 Å². The molecule has 1 aromatic carbocycles. The Morgan fingerprint density at radius 1 is 1.56 bits per heavy atom. The highest BCUT2D eigenvalue weighted by Gasteiger charge is 2.32. The number of nitrogens with one attached hydrogen (secondary N) is 1. The highest BCUT2D eigenvalue weighted by molar-refractivity contribution is 9.08. The number of hydrogen-bond acceptors (Lipinski definition) is 2. The smallest absolute Gasteiger partial charge is 0.137 e. The van der Waals surface area contributed by atoms with E-state index in [-0.39, 0.29) is 17.6 Å². The number of ether oxygens (including phenoxy) is 1. The summed E-state index contributed by atoms with van der Waals surface area (Å²) in [5.74, 6) is -0.216. The summed E-state index contributed by atoms with van der Waals surface area (Å²) in [5, 5.41) is 3.91. The second-order valence-electron chi connectivity index (χ2n) is 4.71. The Hall–Kier alpha value is -0.450. The molecule has 16 heavy (non-hydrogen) atoms. The average Bonchev–Trinajstić information content (AvgIpc) is 2.58.